The van der Waals surface area contributed by atoms with Gasteiger partial charge in [0.25, 0.3) is 0 Å². The molecule has 3 nitrogen and oxygen atoms in total. The standard InChI is InChI=1S/C10H19NO2S2/c12-15(13)7-1-2-10(15)8-11-9-3-5-14-6-4-9/h9-11H,1-8H2. The summed E-state index contributed by atoms with van der Waals surface area (Å²) in [7, 11) is -2.76. The van der Waals surface area contributed by atoms with Gasteiger partial charge >= 0.3 is 0 Å². The average molecular weight is 249 g/mol. The van der Waals surface area contributed by atoms with E-state index in [1.54, 1.807) is 0 Å². The highest BCUT2D eigenvalue weighted by atomic mass is 32.2. The largest absolute Gasteiger partial charge is 0.313 e. The molecule has 0 aliphatic carbocycles. The van der Waals surface area contributed by atoms with Gasteiger partial charge < -0.3 is 5.32 Å². The van der Waals surface area contributed by atoms with Crippen LogP contribution in [0.1, 0.15) is 25.7 Å². The highest BCUT2D eigenvalue weighted by Gasteiger charge is 2.31. The first-order valence-corrected chi connectivity index (χ1v) is 8.58. The molecule has 1 unspecified atom stereocenters. The fourth-order valence-electron chi connectivity index (χ4n) is 2.29. The zero-order valence-electron chi connectivity index (χ0n) is 8.94. The minimum absolute atomic E-state index is 0.105. The van der Waals surface area contributed by atoms with Gasteiger partial charge in [0.05, 0.1) is 11.0 Å². The maximum Gasteiger partial charge on any atom is 0.154 e. The fraction of sp³-hybridized carbons (Fsp3) is 1.00. The average Bonchev–Trinajstić information content (AvgIpc) is 2.56. The van der Waals surface area contributed by atoms with Gasteiger partial charge in [-0.2, -0.15) is 11.8 Å². The number of thioether (sulfide) groups is 1. The molecular formula is C10H19NO2S2. The topological polar surface area (TPSA) is 46.2 Å². The minimum atomic E-state index is -2.76. The van der Waals surface area contributed by atoms with Crippen LogP contribution in [-0.4, -0.2) is 43.5 Å². The second-order valence-corrected chi connectivity index (χ2v) is 8.05. The van der Waals surface area contributed by atoms with Gasteiger partial charge in [0.1, 0.15) is 0 Å². The van der Waals surface area contributed by atoms with E-state index in [1.165, 1.54) is 24.3 Å². The van der Waals surface area contributed by atoms with Crippen LogP contribution in [0.3, 0.4) is 0 Å². The van der Waals surface area contributed by atoms with Gasteiger partial charge in [-0.1, -0.05) is 0 Å². The Morgan fingerprint density at radius 3 is 2.53 bits per heavy atom. The summed E-state index contributed by atoms with van der Waals surface area (Å²) in [6.45, 7) is 0.678. The predicted molar refractivity (Wildman–Crippen MR) is 65.2 cm³/mol. The molecule has 2 aliphatic rings. The van der Waals surface area contributed by atoms with Gasteiger partial charge in [0, 0.05) is 12.6 Å². The third-order valence-electron chi connectivity index (χ3n) is 3.32. The van der Waals surface area contributed by atoms with Crippen molar-refractivity contribution in [3.8, 4) is 0 Å². The summed E-state index contributed by atoms with van der Waals surface area (Å²) in [4.78, 5) is 0. The number of hydrogen-bond acceptors (Lipinski definition) is 4. The quantitative estimate of drug-likeness (QED) is 0.812. The van der Waals surface area contributed by atoms with E-state index in [2.05, 4.69) is 5.32 Å². The lowest BCUT2D eigenvalue weighted by atomic mass is 10.1. The maximum atomic E-state index is 11.6. The fourth-order valence-corrected chi connectivity index (χ4v) is 5.17. The van der Waals surface area contributed by atoms with Crippen molar-refractivity contribution in [1.29, 1.82) is 0 Å². The molecule has 0 aromatic carbocycles. The van der Waals surface area contributed by atoms with E-state index in [9.17, 15) is 8.42 Å². The smallest absolute Gasteiger partial charge is 0.154 e. The van der Waals surface area contributed by atoms with Crippen LogP contribution in [0.15, 0.2) is 0 Å². The second-order valence-electron chi connectivity index (χ2n) is 4.43. The van der Waals surface area contributed by atoms with Gasteiger partial charge in [-0.05, 0) is 37.2 Å². The SMILES string of the molecule is O=S1(=O)CCCC1CNC1CCSCC1. The van der Waals surface area contributed by atoms with Crippen molar-refractivity contribution in [2.24, 2.45) is 0 Å². The summed E-state index contributed by atoms with van der Waals surface area (Å²) < 4.78 is 23.2. The lowest BCUT2D eigenvalue weighted by Crippen LogP contribution is -2.39. The predicted octanol–water partition coefficient (Wildman–Crippen LogP) is 1.05. The lowest BCUT2D eigenvalue weighted by Gasteiger charge is -2.24. The van der Waals surface area contributed by atoms with Gasteiger partial charge in [0.2, 0.25) is 0 Å². The normalized spacial score (nSPS) is 31.9. The van der Waals surface area contributed by atoms with Crippen molar-refractivity contribution in [3.05, 3.63) is 0 Å². The Morgan fingerprint density at radius 2 is 1.93 bits per heavy atom. The van der Waals surface area contributed by atoms with Gasteiger partial charge in [0.15, 0.2) is 9.84 Å². The molecule has 88 valence electrons. The van der Waals surface area contributed by atoms with Crippen molar-refractivity contribution in [2.75, 3.05) is 23.8 Å². The summed E-state index contributed by atoms with van der Waals surface area (Å²) in [5.41, 5.74) is 0. The Morgan fingerprint density at radius 1 is 1.20 bits per heavy atom. The zero-order valence-corrected chi connectivity index (χ0v) is 10.6. The molecule has 2 heterocycles. The van der Waals surface area contributed by atoms with Crippen molar-refractivity contribution in [1.82, 2.24) is 5.32 Å². The van der Waals surface area contributed by atoms with Crippen LogP contribution < -0.4 is 5.32 Å². The molecule has 0 aromatic heterocycles. The third kappa shape index (κ3) is 3.11. The van der Waals surface area contributed by atoms with Crippen molar-refractivity contribution in [3.63, 3.8) is 0 Å². The van der Waals surface area contributed by atoms with Crippen molar-refractivity contribution in [2.45, 2.75) is 37.0 Å². The minimum Gasteiger partial charge on any atom is -0.313 e. The molecule has 1 N–H and O–H groups in total. The molecule has 0 amide bonds. The number of rotatable bonds is 3. The van der Waals surface area contributed by atoms with E-state index >= 15 is 0 Å². The number of hydrogen-bond donors (Lipinski definition) is 1. The molecule has 1 atom stereocenters. The molecule has 0 spiro atoms. The molecule has 0 bridgehead atoms. The summed E-state index contributed by atoms with van der Waals surface area (Å²) in [5, 5.41) is 3.32. The van der Waals surface area contributed by atoms with Crippen LogP contribution >= 0.6 is 11.8 Å². The van der Waals surface area contributed by atoms with Crippen molar-refractivity contribution < 1.29 is 8.42 Å². The molecule has 0 aromatic rings. The van der Waals surface area contributed by atoms with E-state index in [0.717, 1.165) is 12.8 Å². The monoisotopic (exact) mass is 249 g/mol. The Hall–Kier alpha value is 0.260. The number of sulfone groups is 1. The molecule has 15 heavy (non-hydrogen) atoms. The Kier molecular flexibility index (Phi) is 3.96. The molecule has 0 saturated carbocycles. The maximum absolute atomic E-state index is 11.6. The molecule has 5 heteroatoms. The first-order chi connectivity index (χ1) is 7.18. The Labute approximate surface area is 96.3 Å². The summed E-state index contributed by atoms with van der Waals surface area (Å²) in [6.07, 6.45) is 4.10. The zero-order chi connectivity index (χ0) is 10.7. The summed E-state index contributed by atoms with van der Waals surface area (Å²) >= 11 is 2.00. The second kappa shape index (κ2) is 5.06. The van der Waals surface area contributed by atoms with E-state index in [4.69, 9.17) is 0 Å². The molecule has 2 rings (SSSR count). The number of nitrogens with one attached hydrogen (secondary N) is 1. The highest BCUT2D eigenvalue weighted by Crippen LogP contribution is 2.21. The van der Waals surface area contributed by atoms with Crippen LogP contribution in [-0.2, 0) is 9.84 Å². The molecule has 0 radical (unpaired) electrons. The molecule has 2 fully saturated rings. The van der Waals surface area contributed by atoms with E-state index in [1.807, 2.05) is 11.8 Å². The summed E-state index contributed by atoms with van der Waals surface area (Å²) in [5.74, 6) is 2.84. The first kappa shape index (κ1) is 11.7. The lowest BCUT2D eigenvalue weighted by molar-refractivity contribution is 0.473. The van der Waals surface area contributed by atoms with Crippen molar-refractivity contribution >= 4 is 21.6 Å². The van der Waals surface area contributed by atoms with E-state index in [0.29, 0.717) is 18.3 Å². The van der Waals surface area contributed by atoms with Gasteiger partial charge in [-0.15, -0.1) is 0 Å². The van der Waals surface area contributed by atoms with Gasteiger partial charge in [-0.3, -0.25) is 0 Å². The molecular weight excluding hydrogens is 230 g/mol. The van der Waals surface area contributed by atoms with E-state index in [-0.39, 0.29) is 5.25 Å². The van der Waals surface area contributed by atoms with Crippen LogP contribution in [0.5, 0.6) is 0 Å². The van der Waals surface area contributed by atoms with Gasteiger partial charge in [-0.25, -0.2) is 8.42 Å². The highest BCUT2D eigenvalue weighted by molar-refractivity contribution is 7.99. The Balaban J connectivity index is 1.77. The molecule has 2 aliphatic heterocycles. The van der Waals surface area contributed by atoms with Crippen LogP contribution in [0.2, 0.25) is 0 Å². The Bertz CT molecular complexity index is 297. The van der Waals surface area contributed by atoms with Crippen LogP contribution in [0.4, 0.5) is 0 Å². The first-order valence-electron chi connectivity index (χ1n) is 5.71. The third-order valence-corrected chi connectivity index (χ3v) is 6.64. The van der Waals surface area contributed by atoms with Crippen LogP contribution in [0, 0.1) is 0 Å². The summed E-state index contributed by atoms with van der Waals surface area (Å²) in [6, 6.07) is 0.557. The van der Waals surface area contributed by atoms with E-state index < -0.39 is 9.84 Å². The molecule has 2 saturated heterocycles. The van der Waals surface area contributed by atoms with Crippen LogP contribution in [0.25, 0.3) is 0 Å².